The van der Waals surface area contributed by atoms with Crippen LogP contribution in [0.1, 0.15) is 59.8 Å². The first-order chi connectivity index (χ1) is 9.01. The normalized spacial score (nSPS) is 23.9. The first-order valence-electron chi connectivity index (χ1n) is 7.62. The molecule has 2 unspecified atom stereocenters. The van der Waals surface area contributed by atoms with Gasteiger partial charge in [-0.3, -0.25) is 9.59 Å². The highest BCUT2D eigenvalue weighted by atomic mass is 16.2. The van der Waals surface area contributed by atoms with Crippen LogP contribution in [0.15, 0.2) is 0 Å². The molecule has 0 aromatic carbocycles. The molecule has 0 aromatic rings. The van der Waals surface area contributed by atoms with Gasteiger partial charge in [-0.1, -0.05) is 40.5 Å². The summed E-state index contributed by atoms with van der Waals surface area (Å²) in [5.41, 5.74) is 0. The van der Waals surface area contributed by atoms with Gasteiger partial charge in [0.2, 0.25) is 11.8 Å². The highest BCUT2D eigenvalue weighted by molar-refractivity contribution is 5.96. The average molecular weight is 268 g/mol. The van der Waals surface area contributed by atoms with E-state index < -0.39 is 0 Å². The number of carbonyl (C=O) groups excluding carboxylic acids is 2. The van der Waals surface area contributed by atoms with Crippen LogP contribution in [0, 0.1) is 5.92 Å². The fourth-order valence-corrected chi connectivity index (χ4v) is 2.58. The molecular formula is C15H28N2O2. The van der Waals surface area contributed by atoms with Gasteiger partial charge in [-0.15, -0.1) is 0 Å². The van der Waals surface area contributed by atoms with Crippen LogP contribution in [-0.4, -0.2) is 35.3 Å². The van der Waals surface area contributed by atoms with Crippen molar-refractivity contribution in [3.05, 3.63) is 0 Å². The zero-order valence-electron chi connectivity index (χ0n) is 12.7. The molecule has 1 rings (SSSR count). The second kappa shape index (κ2) is 7.51. The van der Waals surface area contributed by atoms with E-state index in [2.05, 4.69) is 26.1 Å². The Morgan fingerprint density at radius 2 is 1.89 bits per heavy atom. The van der Waals surface area contributed by atoms with Crippen LogP contribution in [0.5, 0.6) is 0 Å². The van der Waals surface area contributed by atoms with E-state index in [4.69, 9.17) is 0 Å². The van der Waals surface area contributed by atoms with Crippen LogP contribution < -0.4 is 5.32 Å². The zero-order chi connectivity index (χ0) is 14.4. The Morgan fingerprint density at radius 1 is 1.21 bits per heavy atom. The lowest BCUT2D eigenvalue weighted by atomic mass is 9.96. The molecule has 1 heterocycles. The summed E-state index contributed by atoms with van der Waals surface area (Å²) in [4.78, 5) is 26.5. The van der Waals surface area contributed by atoms with E-state index in [1.807, 2.05) is 11.8 Å². The zero-order valence-corrected chi connectivity index (χ0v) is 12.7. The highest BCUT2D eigenvalue weighted by Crippen LogP contribution is 2.19. The maximum atomic E-state index is 12.5. The topological polar surface area (TPSA) is 49.4 Å². The molecule has 2 amide bonds. The van der Waals surface area contributed by atoms with Gasteiger partial charge in [-0.25, -0.2) is 0 Å². The fraction of sp³-hybridized carbons (Fsp3) is 0.867. The van der Waals surface area contributed by atoms with Crippen molar-refractivity contribution in [2.45, 2.75) is 71.9 Å². The number of carbonyl (C=O) groups is 2. The van der Waals surface area contributed by atoms with Crippen LogP contribution in [0.2, 0.25) is 0 Å². The number of amides is 2. The Labute approximate surface area is 116 Å². The Hall–Kier alpha value is -1.06. The van der Waals surface area contributed by atoms with Gasteiger partial charge in [-0.05, 0) is 25.2 Å². The molecule has 1 aliphatic rings. The molecule has 4 nitrogen and oxygen atoms in total. The molecule has 0 aliphatic carbocycles. The molecule has 0 saturated carbocycles. The molecular weight excluding hydrogens is 240 g/mol. The number of rotatable bonds is 7. The lowest BCUT2D eigenvalue weighted by Gasteiger charge is -2.39. The SMILES string of the molecule is CCCCN1C(=O)C(CCC)NC(=O)C1CC(C)C. The number of hydrogen-bond donors (Lipinski definition) is 1. The summed E-state index contributed by atoms with van der Waals surface area (Å²) in [6, 6.07) is -0.579. The van der Waals surface area contributed by atoms with E-state index in [0.717, 1.165) is 32.1 Å². The third kappa shape index (κ3) is 4.22. The van der Waals surface area contributed by atoms with E-state index in [-0.39, 0.29) is 23.9 Å². The van der Waals surface area contributed by atoms with Crippen molar-refractivity contribution in [3.8, 4) is 0 Å². The van der Waals surface area contributed by atoms with Crippen molar-refractivity contribution in [2.75, 3.05) is 6.54 Å². The average Bonchev–Trinajstić information content (AvgIpc) is 2.35. The summed E-state index contributed by atoms with van der Waals surface area (Å²) in [5.74, 6) is 0.554. The van der Waals surface area contributed by atoms with Gasteiger partial charge in [-0.2, -0.15) is 0 Å². The highest BCUT2D eigenvalue weighted by Gasteiger charge is 2.39. The van der Waals surface area contributed by atoms with E-state index in [9.17, 15) is 9.59 Å². The molecule has 1 aliphatic heterocycles. The summed E-state index contributed by atoms with van der Waals surface area (Å²) < 4.78 is 0. The van der Waals surface area contributed by atoms with Gasteiger partial charge < -0.3 is 10.2 Å². The Morgan fingerprint density at radius 3 is 2.42 bits per heavy atom. The third-order valence-electron chi connectivity index (χ3n) is 3.60. The second-order valence-electron chi connectivity index (χ2n) is 5.88. The van der Waals surface area contributed by atoms with Gasteiger partial charge in [0, 0.05) is 6.54 Å². The standard InChI is InChI=1S/C15H28N2O2/c1-5-7-9-17-13(10-11(3)4)14(18)16-12(8-6-2)15(17)19/h11-13H,5-10H2,1-4H3,(H,16,18). The van der Waals surface area contributed by atoms with Crippen LogP contribution in [0.3, 0.4) is 0 Å². The van der Waals surface area contributed by atoms with Crippen LogP contribution in [0.25, 0.3) is 0 Å². The van der Waals surface area contributed by atoms with Crippen molar-refractivity contribution in [1.82, 2.24) is 10.2 Å². The molecule has 110 valence electrons. The predicted molar refractivity (Wildman–Crippen MR) is 76.7 cm³/mol. The first-order valence-corrected chi connectivity index (χ1v) is 7.62. The van der Waals surface area contributed by atoms with Gasteiger partial charge in [0.1, 0.15) is 12.1 Å². The predicted octanol–water partition coefficient (Wildman–Crippen LogP) is 2.33. The summed E-state index contributed by atoms with van der Waals surface area (Å²) in [6.07, 6.45) is 4.40. The van der Waals surface area contributed by atoms with Crippen LogP contribution in [-0.2, 0) is 9.59 Å². The molecule has 1 saturated heterocycles. The monoisotopic (exact) mass is 268 g/mol. The number of nitrogens with one attached hydrogen (secondary N) is 1. The lowest BCUT2D eigenvalue weighted by Crippen LogP contribution is -2.63. The number of hydrogen-bond acceptors (Lipinski definition) is 2. The third-order valence-corrected chi connectivity index (χ3v) is 3.60. The quantitative estimate of drug-likeness (QED) is 0.770. The molecule has 0 bridgehead atoms. The van der Waals surface area contributed by atoms with Crippen molar-refractivity contribution >= 4 is 11.8 Å². The molecule has 0 aromatic heterocycles. The number of nitrogens with zero attached hydrogens (tertiary/aromatic N) is 1. The molecule has 1 N–H and O–H groups in total. The summed E-state index contributed by atoms with van der Waals surface area (Å²) >= 11 is 0. The van der Waals surface area contributed by atoms with Gasteiger partial charge in [0.25, 0.3) is 0 Å². The summed E-state index contributed by atoms with van der Waals surface area (Å²) in [6.45, 7) is 9.04. The summed E-state index contributed by atoms with van der Waals surface area (Å²) in [7, 11) is 0. The van der Waals surface area contributed by atoms with Crippen LogP contribution in [0.4, 0.5) is 0 Å². The van der Waals surface area contributed by atoms with E-state index in [0.29, 0.717) is 12.5 Å². The lowest BCUT2D eigenvalue weighted by molar-refractivity contribution is -0.150. The maximum absolute atomic E-state index is 12.5. The largest absolute Gasteiger partial charge is 0.343 e. The second-order valence-corrected chi connectivity index (χ2v) is 5.88. The Kier molecular flexibility index (Phi) is 6.32. The molecule has 4 heteroatoms. The molecule has 19 heavy (non-hydrogen) atoms. The molecule has 2 atom stereocenters. The van der Waals surface area contributed by atoms with Crippen molar-refractivity contribution in [2.24, 2.45) is 5.92 Å². The van der Waals surface area contributed by atoms with Gasteiger partial charge in [0.15, 0.2) is 0 Å². The van der Waals surface area contributed by atoms with Gasteiger partial charge >= 0.3 is 0 Å². The minimum Gasteiger partial charge on any atom is -0.343 e. The van der Waals surface area contributed by atoms with E-state index in [1.165, 1.54) is 0 Å². The molecule has 1 fully saturated rings. The maximum Gasteiger partial charge on any atom is 0.245 e. The van der Waals surface area contributed by atoms with E-state index >= 15 is 0 Å². The minimum atomic E-state index is -0.308. The van der Waals surface area contributed by atoms with Crippen molar-refractivity contribution in [1.29, 1.82) is 0 Å². The number of piperazine rings is 1. The molecule has 0 radical (unpaired) electrons. The van der Waals surface area contributed by atoms with Gasteiger partial charge in [0.05, 0.1) is 0 Å². The van der Waals surface area contributed by atoms with Crippen molar-refractivity contribution in [3.63, 3.8) is 0 Å². The Bertz CT molecular complexity index is 315. The molecule has 0 spiro atoms. The van der Waals surface area contributed by atoms with Crippen LogP contribution >= 0.6 is 0 Å². The Balaban J connectivity index is 2.83. The smallest absolute Gasteiger partial charge is 0.245 e. The minimum absolute atomic E-state index is 0.0304. The fourth-order valence-electron chi connectivity index (χ4n) is 2.58. The van der Waals surface area contributed by atoms with Crippen molar-refractivity contribution < 1.29 is 9.59 Å². The van der Waals surface area contributed by atoms with E-state index in [1.54, 1.807) is 0 Å². The number of unbranched alkanes of at least 4 members (excludes halogenated alkanes) is 1. The first kappa shape index (κ1) is 16.0. The summed E-state index contributed by atoms with van der Waals surface area (Å²) in [5, 5.41) is 2.90.